The summed E-state index contributed by atoms with van der Waals surface area (Å²) in [4.78, 5) is 37.6. The van der Waals surface area contributed by atoms with Crippen LogP contribution in [0.15, 0.2) is 70.0 Å². The third kappa shape index (κ3) is 6.70. The number of rotatable bonds is 9. The van der Waals surface area contributed by atoms with Gasteiger partial charge in [0.05, 0.1) is 26.6 Å². The molecule has 0 aromatic heterocycles. The molecule has 1 aliphatic heterocycles. The molecule has 3 aromatic carbocycles. The monoisotopic (exact) mass is 694 g/mol. The zero-order valence-corrected chi connectivity index (χ0v) is 24.0. The number of ether oxygens (including phenoxy) is 2. The third-order valence-corrected chi connectivity index (χ3v) is 7.47. The van der Waals surface area contributed by atoms with Gasteiger partial charge in [-0.15, -0.1) is 0 Å². The fourth-order valence-electron chi connectivity index (χ4n) is 3.55. The zero-order chi connectivity index (χ0) is 26.5. The number of hydrogen-bond acceptors (Lipinski definition) is 7. The lowest BCUT2D eigenvalue weighted by atomic mass is 10.1. The average Bonchev–Trinajstić information content (AvgIpc) is 3.11. The van der Waals surface area contributed by atoms with Crippen LogP contribution in [0.4, 0.5) is 10.5 Å². The molecule has 0 unspecified atom stereocenters. The maximum atomic E-state index is 13.0. The van der Waals surface area contributed by atoms with Crippen LogP contribution in [0, 0.1) is 13.7 Å². The summed E-state index contributed by atoms with van der Waals surface area (Å²) in [7, 11) is 0. The Morgan fingerprint density at radius 1 is 1.08 bits per heavy atom. The summed E-state index contributed by atoms with van der Waals surface area (Å²) in [6.45, 7) is 2.64. The van der Waals surface area contributed by atoms with E-state index in [1.165, 1.54) is 17.0 Å². The molecule has 1 fully saturated rings. The number of carbonyl (C=O) groups is 2. The molecule has 4 rings (SSSR count). The van der Waals surface area contributed by atoms with Crippen molar-refractivity contribution in [2.45, 2.75) is 20.1 Å². The molecule has 11 heteroatoms. The second-order valence-corrected chi connectivity index (χ2v) is 10.9. The lowest BCUT2D eigenvalue weighted by Gasteiger charge is -2.15. The van der Waals surface area contributed by atoms with Crippen LogP contribution >= 0.6 is 50.3 Å². The largest absolute Gasteiger partial charge is 0.490 e. The predicted octanol–water partition coefficient (Wildman–Crippen LogP) is 7.18. The van der Waals surface area contributed by atoms with Gasteiger partial charge in [-0.3, -0.25) is 24.6 Å². The number of imide groups is 1. The standard InChI is InChI=1S/C26H20BrIN2O6S/c1-2-35-22-12-18(11-21(28)24(22)36-15-16-6-8-20(9-7-16)30(33)34)13-23-25(31)29(26(32)37-23)14-17-4-3-5-19(27)10-17/h3-13H,2,14-15H2,1H3/b23-13+. The Balaban J connectivity index is 1.53. The number of benzene rings is 3. The van der Waals surface area contributed by atoms with Crippen molar-refractivity contribution in [1.82, 2.24) is 4.90 Å². The van der Waals surface area contributed by atoms with Gasteiger partial charge in [-0.2, -0.15) is 0 Å². The van der Waals surface area contributed by atoms with E-state index in [2.05, 4.69) is 38.5 Å². The summed E-state index contributed by atoms with van der Waals surface area (Å²) in [6.07, 6.45) is 1.68. The van der Waals surface area contributed by atoms with Crippen molar-refractivity contribution in [3.63, 3.8) is 0 Å². The number of non-ortho nitro benzene ring substituents is 1. The number of carbonyl (C=O) groups excluding carboxylic acids is 2. The Morgan fingerprint density at radius 3 is 2.51 bits per heavy atom. The van der Waals surface area contributed by atoms with Gasteiger partial charge in [0.25, 0.3) is 16.8 Å². The van der Waals surface area contributed by atoms with Gasteiger partial charge >= 0.3 is 0 Å². The van der Waals surface area contributed by atoms with Crippen LogP contribution in [0.3, 0.4) is 0 Å². The van der Waals surface area contributed by atoms with Crippen molar-refractivity contribution < 1.29 is 24.0 Å². The van der Waals surface area contributed by atoms with Gasteiger partial charge in [0.15, 0.2) is 11.5 Å². The maximum Gasteiger partial charge on any atom is 0.293 e. The van der Waals surface area contributed by atoms with E-state index in [9.17, 15) is 19.7 Å². The molecule has 0 saturated carbocycles. The Kier molecular flexibility index (Phi) is 8.87. The van der Waals surface area contributed by atoms with Gasteiger partial charge in [0, 0.05) is 16.6 Å². The van der Waals surface area contributed by atoms with Crippen molar-refractivity contribution >= 4 is 73.2 Å². The lowest BCUT2D eigenvalue weighted by Crippen LogP contribution is -2.27. The van der Waals surface area contributed by atoms with Gasteiger partial charge in [-0.05, 0) is 100 Å². The van der Waals surface area contributed by atoms with Gasteiger partial charge in [-0.1, -0.05) is 28.1 Å². The van der Waals surface area contributed by atoms with E-state index in [-0.39, 0.29) is 30.0 Å². The van der Waals surface area contributed by atoms with E-state index in [0.717, 1.165) is 30.9 Å². The van der Waals surface area contributed by atoms with Crippen molar-refractivity contribution in [2.24, 2.45) is 0 Å². The molecule has 8 nitrogen and oxygen atoms in total. The fraction of sp³-hybridized carbons (Fsp3) is 0.154. The zero-order valence-electron chi connectivity index (χ0n) is 19.5. The van der Waals surface area contributed by atoms with E-state index in [0.29, 0.717) is 28.6 Å². The molecule has 0 atom stereocenters. The minimum atomic E-state index is -0.450. The van der Waals surface area contributed by atoms with Gasteiger partial charge in [0.1, 0.15) is 6.61 Å². The molecular formula is C26H20BrIN2O6S. The highest BCUT2D eigenvalue weighted by Gasteiger charge is 2.35. The number of thioether (sulfide) groups is 1. The molecule has 1 heterocycles. The third-order valence-electron chi connectivity index (χ3n) is 5.26. The highest BCUT2D eigenvalue weighted by atomic mass is 127. The van der Waals surface area contributed by atoms with Gasteiger partial charge in [-0.25, -0.2) is 0 Å². The molecule has 0 aliphatic carbocycles. The Labute approximate surface area is 239 Å². The molecule has 37 heavy (non-hydrogen) atoms. The molecule has 2 amide bonds. The van der Waals surface area contributed by atoms with E-state index in [1.54, 1.807) is 24.3 Å². The molecule has 1 aliphatic rings. The van der Waals surface area contributed by atoms with Crippen LogP contribution in [0.1, 0.15) is 23.6 Å². The molecule has 0 radical (unpaired) electrons. The first kappa shape index (κ1) is 27.1. The average molecular weight is 695 g/mol. The number of halogens is 2. The van der Waals surface area contributed by atoms with E-state index < -0.39 is 4.92 Å². The number of nitro benzene ring substituents is 1. The fourth-order valence-corrected chi connectivity index (χ4v) is 5.62. The Hall–Kier alpha value is -2.90. The summed E-state index contributed by atoms with van der Waals surface area (Å²) in [6, 6.07) is 17.2. The van der Waals surface area contributed by atoms with Crippen molar-refractivity contribution in [3.05, 3.63) is 100 Å². The minimum Gasteiger partial charge on any atom is -0.490 e. The molecule has 0 bridgehead atoms. The maximum absolute atomic E-state index is 13.0. The SMILES string of the molecule is CCOc1cc(/C=C2/SC(=O)N(Cc3cccc(Br)c3)C2=O)cc(I)c1OCc1ccc([N+](=O)[O-])cc1. The second-order valence-electron chi connectivity index (χ2n) is 7.87. The quantitative estimate of drug-likeness (QED) is 0.101. The van der Waals surface area contributed by atoms with Gasteiger partial charge in [0.2, 0.25) is 0 Å². The van der Waals surface area contributed by atoms with E-state index >= 15 is 0 Å². The first-order chi connectivity index (χ1) is 17.7. The summed E-state index contributed by atoms with van der Waals surface area (Å²) in [5, 5.41) is 10.5. The second kappa shape index (κ2) is 12.1. The molecule has 190 valence electrons. The smallest absolute Gasteiger partial charge is 0.293 e. The topological polar surface area (TPSA) is 99.0 Å². The first-order valence-corrected chi connectivity index (χ1v) is 13.8. The molecule has 0 spiro atoms. The summed E-state index contributed by atoms with van der Waals surface area (Å²) in [5.74, 6) is 0.679. The molecule has 3 aromatic rings. The summed E-state index contributed by atoms with van der Waals surface area (Å²) < 4.78 is 13.4. The van der Waals surface area contributed by atoms with Gasteiger partial charge < -0.3 is 9.47 Å². The van der Waals surface area contributed by atoms with Crippen LogP contribution in [-0.4, -0.2) is 27.6 Å². The first-order valence-electron chi connectivity index (χ1n) is 11.1. The van der Waals surface area contributed by atoms with E-state index in [4.69, 9.17) is 9.47 Å². The predicted molar refractivity (Wildman–Crippen MR) is 153 cm³/mol. The number of amides is 2. The Morgan fingerprint density at radius 2 is 1.84 bits per heavy atom. The summed E-state index contributed by atoms with van der Waals surface area (Å²) in [5.41, 5.74) is 2.33. The van der Waals surface area contributed by atoms with Crippen molar-refractivity contribution in [3.8, 4) is 11.5 Å². The number of nitro groups is 1. The molecule has 1 saturated heterocycles. The van der Waals surface area contributed by atoms with Crippen LogP contribution in [-0.2, 0) is 17.9 Å². The van der Waals surface area contributed by atoms with Crippen LogP contribution in [0.2, 0.25) is 0 Å². The summed E-state index contributed by atoms with van der Waals surface area (Å²) >= 11 is 6.44. The van der Waals surface area contributed by atoms with Crippen molar-refractivity contribution in [1.29, 1.82) is 0 Å². The highest BCUT2D eigenvalue weighted by Crippen LogP contribution is 2.38. The molecular weight excluding hydrogens is 675 g/mol. The van der Waals surface area contributed by atoms with Crippen LogP contribution < -0.4 is 9.47 Å². The minimum absolute atomic E-state index is 0.0127. The molecule has 0 N–H and O–H groups in total. The lowest BCUT2D eigenvalue weighted by molar-refractivity contribution is -0.384. The van der Waals surface area contributed by atoms with E-state index in [1.807, 2.05) is 37.3 Å². The number of nitrogens with zero attached hydrogens (tertiary/aromatic N) is 2. The normalized spacial score (nSPS) is 14.4. The van der Waals surface area contributed by atoms with Crippen LogP contribution in [0.5, 0.6) is 11.5 Å². The van der Waals surface area contributed by atoms with Crippen LogP contribution in [0.25, 0.3) is 6.08 Å². The van der Waals surface area contributed by atoms with Crippen molar-refractivity contribution in [2.75, 3.05) is 6.61 Å². The highest BCUT2D eigenvalue weighted by molar-refractivity contribution is 14.1. The number of hydrogen-bond donors (Lipinski definition) is 0. The Bertz CT molecular complexity index is 1400.